The molecule has 0 radical (unpaired) electrons. The van der Waals surface area contributed by atoms with Crippen molar-refractivity contribution in [1.82, 2.24) is 15.6 Å². The highest BCUT2D eigenvalue weighted by atomic mass is 35.5. The Balaban J connectivity index is 1.54. The lowest BCUT2D eigenvalue weighted by atomic mass is 9.77. The van der Waals surface area contributed by atoms with Crippen molar-refractivity contribution in [3.8, 4) is 0 Å². The minimum atomic E-state index is -0.485. The maximum Gasteiger partial charge on any atom is 0.407 e. The van der Waals surface area contributed by atoms with Gasteiger partial charge in [0.15, 0.2) is 0 Å². The molecule has 1 unspecified atom stereocenters. The predicted octanol–water partition coefficient (Wildman–Crippen LogP) is 5.58. The van der Waals surface area contributed by atoms with Gasteiger partial charge in [-0.3, -0.25) is 4.98 Å². The average Bonchev–Trinajstić information content (AvgIpc) is 2.93. The van der Waals surface area contributed by atoms with Gasteiger partial charge < -0.3 is 15.4 Å². The number of carbonyl (C=O) groups is 1. The normalized spacial score (nSPS) is 18.7. The van der Waals surface area contributed by atoms with Crippen molar-refractivity contribution in [3.63, 3.8) is 0 Å². The van der Waals surface area contributed by atoms with Gasteiger partial charge in [-0.1, -0.05) is 17.7 Å². The van der Waals surface area contributed by atoms with Crippen LogP contribution in [0.15, 0.2) is 35.4 Å². The molecule has 178 valence electrons. The number of hydrogen-bond acceptors (Lipinski definition) is 5. The number of pyridine rings is 1. The molecule has 0 saturated carbocycles. The van der Waals surface area contributed by atoms with Crippen molar-refractivity contribution in [3.05, 3.63) is 57.9 Å². The molecule has 0 spiro atoms. The van der Waals surface area contributed by atoms with E-state index in [0.29, 0.717) is 18.4 Å². The van der Waals surface area contributed by atoms with Crippen molar-refractivity contribution < 1.29 is 9.53 Å². The number of carbonyl (C=O) groups excluding carboxylic acids is 1. The van der Waals surface area contributed by atoms with Gasteiger partial charge in [-0.25, -0.2) is 4.79 Å². The molecule has 4 rings (SSSR count). The minimum absolute atomic E-state index is 0.303. The van der Waals surface area contributed by atoms with Crippen molar-refractivity contribution in [2.24, 2.45) is 5.92 Å². The zero-order valence-corrected chi connectivity index (χ0v) is 21.3. The van der Waals surface area contributed by atoms with Crippen LogP contribution >= 0.6 is 23.4 Å². The van der Waals surface area contributed by atoms with Crippen LogP contribution in [0.2, 0.25) is 5.02 Å². The molecular formula is C26H34ClN3O2S. The lowest BCUT2D eigenvalue weighted by Crippen LogP contribution is -2.33. The van der Waals surface area contributed by atoms with Gasteiger partial charge >= 0.3 is 6.09 Å². The van der Waals surface area contributed by atoms with Crippen LogP contribution in [-0.2, 0) is 17.6 Å². The number of fused-ring (bicyclic) bond motifs is 2. The van der Waals surface area contributed by atoms with Crippen molar-refractivity contribution in [2.45, 2.75) is 62.9 Å². The molecule has 7 heteroatoms. The number of halogens is 1. The summed E-state index contributed by atoms with van der Waals surface area (Å²) in [6.07, 6.45) is 5.84. The number of thioether (sulfide) groups is 1. The van der Waals surface area contributed by atoms with E-state index in [1.807, 2.05) is 33.0 Å². The number of amides is 1. The SMILES string of the molecule is CC(C)(C)OC(=O)NCCSc1ccnc2c1CCc1cc(Cl)ccc1C2C1CCNCC1. The summed E-state index contributed by atoms with van der Waals surface area (Å²) in [7, 11) is 0. The number of piperidine rings is 1. The Labute approximate surface area is 206 Å². The van der Waals surface area contributed by atoms with Gasteiger partial charge in [0.05, 0.1) is 5.69 Å². The monoisotopic (exact) mass is 487 g/mol. The van der Waals surface area contributed by atoms with E-state index in [0.717, 1.165) is 49.5 Å². The molecule has 0 bridgehead atoms. The van der Waals surface area contributed by atoms with Crippen LogP contribution in [0, 0.1) is 5.92 Å². The highest BCUT2D eigenvalue weighted by Gasteiger charge is 2.33. The van der Waals surface area contributed by atoms with E-state index in [1.54, 1.807) is 11.8 Å². The fourth-order valence-corrected chi connectivity index (χ4v) is 6.09. The zero-order valence-electron chi connectivity index (χ0n) is 19.7. The van der Waals surface area contributed by atoms with E-state index in [4.69, 9.17) is 21.3 Å². The predicted molar refractivity (Wildman–Crippen MR) is 135 cm³/mol. The summed E-state index contributed by atoms with van der Waals surface area (Å²) < 4.78 is 5.34. The van der Waals surface area contributed by atoms with Crippen LogP contribution in [0.4, 0.5) is 4.79 Å². The molecule has 1 aliphatic heterocycles. The minimum Gasteiger partial charge on any atom is -0.444 e. The number of aromatic nitrogens is 1. The Morgan fingerprint density at radius 3 is 2.79 bits per heavy atom. The lowest BCUT2D eigenvalue weighted by molar-refractivity contribution is 0.0531. The quantitative estimate of drug-likeness (QED) is 0.425. The average molecular weight is 488 g/mol. The number of nitrogens with zero attached hydrogens (tertiary/aromatic N) is 1. The van der Waals surface area contributed by atoms with Crippen molar-refractivity contribution in [2.75, 3.05) is 25.4 Å². The molecule has 1 fully saturated rings. The molecule has 2 heterocycles. The van der Waals surface area contributed by atoms with Crippen LogP contribution < -0.4 is 10.6 Å². The van der Waals surface area contributed by atoms with Crippen LogP contribution in [0.5, 0.6) is 0 Å². The van der Waals surface area contributed by atoms with Gasteiger partial charge in [-0.2, -0.15) is 0 Å². The molecule has 1 saturated heterocycles. The molecule has 1 aromatic carbocycles. The number of ether oxygens (including phenoxy) is 1. The Bertz CT molecular complexity index is 986. The Morgan fingerprint density at radius 1 is 1.24 bits per heavy atom. The second-order valence-corrected chi connectivity index (χ2v) is 11.4. The number of alkyl carbamates (subject to hydrolysis) is 1. The molecule has 2 aromatic rings. The topological polar surface area (TPSA) is 63.2 Å². The van der Waals surface area contributed by atoms with Gasteiger partial charge in [0.25, 0.3) is 0 Å². The molecule has 1 aliphatic carbocycles. The number of rotatable bonds is 5. The lowest BCUT2D eigenvalue weighted by Gasteiger charge is -2.32. The maximum atomic E-state index is 12.0. The molecule has 2 aliphatic rings. The van der Waals surface area contributed by atoms with Gasteiger partial charge in [0, 0.05) is 34.3 Å². The second-order valence-electron chi connectivity index (χ2n) is 9.86. The molecule has 2 N–H and O–H groups in total. The van der Waals surface area contributed by atoms with Gasteiger partial charge in [0.2, 0.25) is 0 Å². The highest BCUT2D eigenvalue weighted by Crippen LogP contribution is 2.43. The van der Waals surface area contributed by atoms with Crippen LogP contribution in [0.1, 0.15) is 61.9 Å². The van der Waals surface area contributed by atoms with E-state index >= 15 is 0 Å². The Hall–Kier alpha value is -1.76. The van der Waals surface area contributed by atoms with Gasteiger partial charge in [-0.15, -0.1) is 11.8 Å². The molecule has 1 aromatic heterocycles. The first-order chi connectivity index (χ1) is 15.8. The summed E-state index contributed by atoms with van der Waals surface area (Å²) in [4.78, 5) is 18.2. The molecule has 5 nitrogen and oxygen atoms in total. The Morgan fingerprint density at radius 2 is 2.03 bits per heavy atom. The van der Waals surface area contributed by atoms with Crippen LogP contribution in [-0.4, -0.2) is 42.1 Å². The zero-order chi connectivity index (χ0) is 23.4. The maximum absolute atomic E-state index is 12.0. The van der Waals surface area contributed by atoms with Gasteiger partial charge in [0.1, 0.15) is 5.60 Å². The van der Waals surface area contributed by atoms with Crippen LogP contribution in [0.25, 0.3) is 0 Å². The van der Waals surface area contributed by atoms with Gasteiger partial charge in [-0.05, 0) is 100 Å². The summed E-state index contributed by atoms with van der Waals surface area (Å²) >= 11 is 8.17. The number of aryl methyl sites for hydroxylation is 1. The van der Waals surface area contributed by atoms with Crippen LogP contribution in [0.3, 0.4) is 0 Å². The van der Waals surface area contributed by atoms with Crippen molar-refractivity contribution >= 4 is 29.5 Å². The summed E-state index contributed by atoms with van der Waals surface area (Å²) in [6.45, 7) is 8.30. The first-order valence-corrected chi connectivity index (χ1v) is 13.2. The molecule has 1 amide bonds. The number of benzene rings is 1. The van der Waals surface area contributed by atoms with E-state index in [2.05, 4.69) is 28.8 Å². The second kappa shape index (κ2) is 10.7. The third kappa shape index (κ3) is 6.23. The van der Waals surface area contributed by atoms with Crippen molar-refractivity contribution in [1.29, 1.82) is 0 Å². The van der Waals surface area contributed by atoms with E-state index in [1.165, 1.54) is 27.3 Å². The first-order valence-electron chi connectivity index (χ1n) is 11.9. The first kappa shape index (κ1) is 24.4. The number of nitrogens with one attached hydrogen (secondary N) is 2. The molecular weight excluding hydrogens is 454 g/mol. The summed E-state index contributed by atoms with van der Waals surface area (Å²) in [5.41, 5.74) is 4.85. The third-order valence-corrected chi connectivity index (χ3v) is 7.65. The summed E-state index contributed by atoms with van der Waals surface area (Å²) in [6, 6.07) is 8.53. The fraction of sp³-hybridized carbons (Fsp3) is 0.538. The molecule has 33 heavy (non-hydrogen) atoms. The van der Waals surface area contributed by atoms with E-state index in [-0.39, 0.29) is 6.09 Å². The highest BCUT2D eigenvalue weighted by molar-refractivity contribution is 7.99. The molecule has 1 atom stereocenters. The standard InChI is InChI=1S/C26H34ClN3O2S/c1-26(2,3)32-25(31)30-14-15-33-22-10-13-29-24-21(22)6-4-18-16-19(27)5-7-20(18)23(24)17-8-11-28-12-9-17/h5,7,10,13,16-17,23,28H,4,6,8-9,11-12,14-15H2,1-3H3,(H,30,31). The fourth-order valence-electron chi connectivity index (χ4n) is 4.93. The number of hydrogen-bond donors (Lipinski definition) is 2. The summed E-state index contributed by atoms with van der Waals surface area (Å²) in [5.74, 6) is 1.66. The largest absolute Gasteiger partial charge is 0.444 e. The van der Waals surface area contributed by atoms with E-state index in [9.17, 15) is 4.79 Å². The van der Waals surface area contributed by atoms with E-state index < -0.39 is 5.60 Å². The Kier molecular flexibility index (Phi) is 7.87. The summed E-state index contributed by atoms with van der Waals surface area (Å²) in [5, 5.41) is 7.17. The third-order valence-electron chi connectivity index (χ3n) is 6.31. The smallest absolute Gasteiger partial charge is 0.407 e.